The normalized spacial score (nSPS) is 11.3. The molecule has 198 valence electrons. The van der Waals surface area contributed by atoms with E-state index in [0.717, 1.165) is 38.5 Å². The molecule has 0 aliphatic rings. The zero-order valence-electron chi connectivity index (χ0n) is 22.1. The second-order valence-electron chi connectivity index (χ2n) is 9.04. The average Bonchev–Trinajstić information content (AvgIpc) is 2.71. The molecule has 0 saturated heterocycles. The summed E-state index contributed by atoms with van der Waals surface area (Å²) in [5, 5.41) is 41.5. The molecule has 0 aliphatic carbocycles. The van der Waals surface area contributed by atoms with E-state index in [2.05, 4.69) is 37.6 Å². The third kappa shape index (κ3) is 32.2. The molecule has 0 aliphatic heterocycles. The monoisotopic (exact) mass is 602 g/mol. The van der Waals surface area contributed by atoms with Crippen molar-refractivity contribution in [1.29, 1.82) is 0 Å². The molecule has 0 saturated carbocycles. The minimum atomic E-state index is -1.48. The summed E-state index contributed by atoms with van der Waals surface area (Å²) in [6.45, 7) is 8.51. The van der Waals surface area contributed by atoms with Crippen molar-refractivity contribution in [3.63, 3.8) is 0 Å². The summed E-state index contributed by atoms with van der Waals surface area (Å²) in [5.74, 6) is -4.54. The Bertz CT molecular complexity index is 610. The van der Waals surface area contributed by atoms with Gasteiger partial charge in [-0.15, -0.1) is 0 Å². The molecule has 0 unspecified atom stereocenters. The van der Waals surface area contributed by atoms with E-state index < -0.39 is 23.9 Å². The predicted octanol–water partition coefficient (Wildman–Crippen LogP) is 0.825. The Labute approximate surface area is 221 Å². The van der Waals surface area contributed by atoms with Gasteiger partial charge in [-0.1, -0.05) is 66.2 Å². The van der Waals surface area contributed by atoms with Gasteiger partial charge in [-0.05, 0) is 60.8 Å². The average molecular weight is 601 g/mol. The fourth-order valence-electron chi connectivity index (χ4n) is 2.84. The van der Waals surface area contributed by atoms with Crippen molar-refractivity contribution < 1.29 is 39.6 Å². The van der Waals surface area contributed by atoms with E-state index in [1.807, 2.05) is 0 Å². The van der Waals surface area contributed by atoms with Crippen molar-refractivity contribution in [2.24, 2.45) is 11.8 Å². The Morgan fingerprint density at radius 3 is 1.09 bits per heavy atom. The molecule has 0 fully saturated rings. The van der Waals surface area contributed by atoms with Gasteiger partial charge in [0, 0.05) is 0 Å². The Balaban J connectivity index is -0.000000525. The van der Waals surface area contributed by atoms with Crippen LogP contribution in [-0.4, -0.2) is 45.0 Å². The molecule has 0 N–H and O–H groups in total. The SMILES string of the molecule is CC(C)CCCCC/C(=C/C(=O)[O-])C(=O)[O-].CC(C)CCCCC/C(=C/C(=O)[O-])C(=O)[O-].[CH3][Sn+4][CH3]. The fraction of sp³-hybridized carbons (Fsp3) is 0.692. The first-order valence-corrected chi connectivity index (χ1v) is 17.8. The van der Waals surface area contributed by atoms with Crippen molar-refractivity contribution in [2.75, 3.05) is 0 Å². The number of carboxylic acids is 4. The molecule has 0 heterocycles. The van der Waals surface area contributed by atoms with Crippen LogP contribution in [0.15, 0.2) is 23.3 Å². The number of unbranched alkanes of at least 4 members (excludes halogenated alkanes) is 4. The van der Waals surface area contributed by atoms with Crippen LogP contribution in [0.25, 0.3) is 0 Å². The topological polar surface area (TPSA) is 161 Å². The van der Waals surface area contributed by atoms with E-state index in [-0.39, 0.29) is 45.1 Å². The van der Waals surface area contributed by atoms with Crippen LogP contribution in [0.1, 0.15) is 91.9 Å². The summed E-state index contributed by atoms with van der Waals surface area (Å²) in [4.78, 5) is 46.1. The molecular formula is C26H42O8Sn. The van der Waals surface area contributed by atoms with Gasteiger partial charge >= 0.3 is 31.0 Å². The standard InChI is InChI=1S/2C12H20O4.2CH3.Sn/c2*1-9(2)6-4-3-5-7-10(12(15)16)8-11(13)14;;;/h2*8-9H,3-7H2,1-2H3,(H,13,14)(H,15,16);2*1H3;/q;;;;+4/p-4/b2*10-8-;;;. The molecule has 0 amide bonds. The van der Waals surface area contributed by atoms with Crippen LogP contribution in [0.3, 0.4) is 0 Å². The Kier molecular flexibility index (Phi) is 27.2. The molecule has 6 radical (unpaired) electrons. The number of carbonyl (C=O) groups is 4. The van der Waals surface area contributed by atoms with Crippen LogP contribution in [0, 0.1) is 11.8 Å². The second-order valence-corrected chi connectivity index (χ2v) is 11.9. The zero-order valence-corrected chi connectivity index (χ0v) is 25.0. The van der Waals surface area contributed by atoms with Crippen molar-refractivity contribution in [3.8, 4) is 0 Å². The van der Waals surface area contributed by atoms with Crippen LogP contribution in [0.5, 0.6) is 0 Å². The van der Waals surface area contributed by atoms with E-state index >= 15 is 0 Å². The molecule has 0 spiro atoms. The number of aliphatic carboxylic acids is 4. The number of hydrogen-bond acceptors (Lipinski definition) is 8. The molecule has 8 nitrogen and oxygen atoms in total. The summed E-state index contributed by atoms with van der Waals surface area (Å²) < 4.78 is 0. The van der Waals surface area contributed by atoms with E-state index in [1.165, 1.54) is 0 Å². The van der Waals surface area contributed by atoms with Crippen molar-refractivity contribution in [3.05, 3.63) is 23.3 Å². The van der Waals surface area contributed by atoms with Crippen LogP contribution in [0.2, 0.25) is 9.88 Å². The molecule has 0 aromatic carbocycles. The summed E-state index contributed by atoms with van der Waals surface area (Å²) >= 11 is 0.230. The van der Waals surface area contributed by atoms with Gasteiger partial charge in [0.15, 0.2) is 0 Å². The number of rotatable bonds is 16. The van der Waals surface area contributed by atoms with Gasteiger partial charge in [0.05, 0.1) is 23.9 Å². The first-order valence-electron chi connectivity index (χ1n) is 12.1. The van der Waals surface area contributed by atoms with Gasteiger partial charge in [-0.2, -0.15) is 0 Å². The summed E-state index contributed by atoms with van der Waals surface area (Å²) in [7, 11) is 0. The van der Waals surface area contributed by atoms with Crippen LogP contribution < -0.4 is 20.4 Å². The first kappa shape index (κ1) is 37.7. The van der Waals surface area contributed by atoms with Crippen molar-refractivity contribution in [2.45, 2.75) is 102 Å². The Hall–Kier alpha value is -1.84. The molecule has 0 aromatic heterocycles. The second kappa shape index (κ2) is 25.3. The van der Waals surface area contributed by atoms with E-state index in [0.29, 0.717) is 36.8 Å². The molecular weight excluding hydrogens is 559 g/mol. The quantitative estimate of drug-likeness (QED) is 0.143. The van der Waals surface area contributed by atoms with Gasteiger partial charge < -0.3 is 39.6 Å². The van der Waals surface area contributed by atoms with E-state index in [9.17, 15) is 39.6 Å². The fourth-order valence-corrected chi connectivity index (χ4v) is 2.84. The molecule has 35 heavy (non-hydrogen) atoms. The van der Waals surface area contributed by atoms with E-state index in [1.54, 1.807) is 0 Å². The van der Waals surface area contributed by atoms with Crippen molar-refractivity contribution >= 4 is 45.0 Å². The maximum absolute atomic E-state index is 10.5. The summed E-state index contributed by atoms with van der Waals surface area (Å²) in [6.07, 6.45) is 9.08. The van der Waals surface area contributed by atoms with Gasteiger partial charge in [0.25, 0.3) is 0 Å². The van der Waals surface area contributed by atoms with Crippen LogP contribution in [0.4, 0.5) is 0 Å². The van der Waals surface area contributed by atoms with E-state index in [4.69, 9.17) is 0 Å². The third-order valence-corrected chi connectivity index (χ3v) is 4.56. The molecule has 0 rings (SSSR count). The van der Waals surface area contributed by atoms with Crippen molar-refractivity contribution in [1.82, 2.24) is 0 Å². The Morgan fingerprint density at radius 2 is 0.886 bits per heavy atom. The summed E-state index contributed by atoms with van der Waals surface area (Å²) in [5.41, 5.74) is -0.380. The number of hydrogen-bond donors (Lipinski definition) is 0. The molecule has 0 aromatic rings. The first-order chi connectivity index (χ1) is 16.3. The van der Waals surface area contributed by atoms with Gasteiger partial charge in [0.1, 0.15) is 0 Å². The van der Waals surface area contributed by atoms with Gasteiger partial charge in [-0.25, -0.2) is 0 Å². The zero-order chi connectivity index (χ0) is 27.8. The minimum absolute atomic E-state index is 0.190. The molecule has 9 heteroatoms. The Morgan fingerprint density at radius 1 is 0.600 bits per heavy atom. The maximum atomic E-state index is 10.5. The van der Waals surface area contributed by atoms with Crippen LogP contribution in [-0.2, 0) is 19.2 Å². The number of carboxylic acid groups (broad SMARTS) is 4. The predicted molar refractivity (Wildman–Crippen MR) is 130 cm³/mol. The van der Waals surface area contributed by atoms with Crippen LogP contribution >= 0.6 is 0 Å². The van der Waals surface area contributed by atoms with Gasteiger partial charge in [-0.3, -0.25) is 0 Å². The third-order valence-electron chi connectivity index (χ3n) is 4.56. The number of carbonyl (C=O) groups excluding carboxylic acids is 4. The molecule has 0 bridgehead atoms. The van der Waals surface area contributed by atoms with Gasteiger partial charge in [0.2, 0.25) is 0 Å². The molecule has 0 atom stereocenters. The summed E-state index contributed by atoms with van der Waals surface area (Å²) in [6, 6.07) is 0.